The highest BCUT2D eigenvalue weighted by molar-refractivity contribution is 5.75. The van der Waals surface area contributed by atoms with Gasteiger partial charge in [-0.3, -0.25) is 14.5 Å². The van der Waals surface area contributed by atoms with Crippen LogP contribution in [0.2, 0.25) is 0 Å². The van der Waals surface area contributed by atoms with Crippen molar-refractivity contribution in [1.29, 1.82) is 0 Å². The first-order valence-corrected chi connectivity index (χ1v) is 8.22. The van der Waals surface area contributed by atoms with Gasteiger partial charge in [0.15, 0.2) is 0 Å². The van der Waals surface area contributed by atoms with E-state index in [1.165, 1.54) is 10.6 Å². The second-order valence-corrected chi connectivity index (χ2v) is 6.62. The van der Waals surface area contributed by atoms with Crippen molar-refractivity contribution in [3.05, 3.63) is 34.2 Å². The van der Waals surface area contributed by atoms with E-state index < -0.39 is 0 Å². The molecule has 1 aliphatic heterocycles. The lowest BCUT2D eigenvalue weighted by Crippen LogP contribution is -2.48. The van der Waals surface area contributed by atoms with Crippen molar-refractivity contribution in [2.45, 2.75) is 33.4 Å². The van der Waals surface area contributed by atoms with Gasteiger partial charge in [-0.25, -0.2) is 0 Å². The normalized spacial score (nSPS) is 19.0. The van der Waals surface area contributed by atoms with Crippen LogP contribution in [0.15, 0.2) is 23.1 Å². The Kier molecular flexibility index (Phi) is 6.36. The fourth-order valence-corrected chi connectivity index (χ4v) is 2.76. The molecule has 1 aromatic rings. The third kappa shape index (κ3) is 5.80. The minimum atomic E-state index is -0.166. The van der Waals surface area contributed by atoms with Crippen molar-refractivity contribution < 1.29 is 9.53 Å². The quantitative estimate of drug-likeness (QED) is 0.835. The molecule has 1 fully saturated rings. The highest BCUT2D eigenvalue weighted by atomic mass is 16.5. The average Bonchev–Trinajstić information content (AvgIpc) is 2.48. The topological polar surface area (TPSA) is 63.6 Å². The molecule has 0 spiro atoms. The molecule has 0 saturated carbocycles. The van der Waals surface area contributed by atoms with Gasteiger partial charge in [-0.15, -0.1) is 0 Å². The number of pyridine rings is 1. The molecular weight excluding hydrogens is 294 g/mol. The van der Waals surface area contributed by atoms with Gasteiger partial charge in [0.05, 0.1) is 12.7 Å². The van der Waals surface area contributed by atoms with E-state index in [2.05, 4.69) is 24.1 Å². The lowest BCUT2D eigenvalue weighted by atomic mass is 10.2. The molecule has 1 aliphatic rings. The zero-order chi connectivity index (χ0) is 16.8. The molecule has 1 atom stereocenters. The fourth-order valence-electron chi connectivity index (χ4n) is 2.76. The summed E-state index contributed by atoms with van der Waals surface area (Å²) in [4.78, 5) is 26.2. The lowest BCUT2D eigenvalue weighted by molar-refractivity contribution is -0.123. The molecule has 1 unspecified atom stereocenters. The third-order valence-electron chi connectivity index (χ3n) is 3.84. The summed E-state index contributed by atoms with van der Waals surface area (Å²) in [5, 5.41) is 2.87. The number of hydrogen-bond acceptors (Lipinski definition) is 4. The maximum absolute atomic E-state index is 12.0. The second-order valence-electron chi connectivity index (χ2n) is 6.62. The van der Waals surface area contributed by atoms with Gasteiger partial charge in [0, 0.05) is 38.4 Å². The maximum Gasteiger partial charge on any atom is 0.251 e. The average molecular weight is 321 g/mol. The number of aromatic nitrogens is 1. The maximum atomic E-state index is 12.0. The van der Waals surface area contributed by atoms with Crippen LogP contribution in [0.25, 0.3) is 0 Å². The van der Waals surface area contributed by atoms with Crippen LogP contribution >= 0.6 is 0 Å². The molecule has 6 nitrogen and oxygen atoms in total. The highest BCUT2D eigenvalue weighted by Crippen LogP contribution is 2.07. The molecule has 0 bridgehead atoms. The second kappa shape index (κ2) is 8.26. The SMILES string of the molecule is Cc1ccn(CC(=O)NCC2CN(CC(C)C)CCO2)c(=O)c1. The lowest BCUT2D eigenvalue weighted by Gasteiger charge is -2.33. The number of nitrogens with one attached hydrogen (secondary N) is 1. The first kappa shape index (κ1) is 17.7. The van der Waals surface area contributed by atoms with Gasteiger partial charge in [-0.1, -0.05) is 13.8 Å². The van der Waals surface area contributed by atoms with Crippen LogP contribution in [-0.2, 0) is 16.1 Å². The molecule has 0 aliphatic carbocycles. The van der Waals surface area contributed by atoms with Gasteiger partial charge in [0.1, 0.15) is 6.54 Å². The summed E-state index contributed by atoms with van der Waals surface area (Å²) in [7, 11) is 0. The molecule has 2 rings (SSSR count). The van der Waals surface area contributed by atoms with E-state index in [1.54, 1.807) is 6.20 Å². The first-order valence-electron chi connectivity index (χ1n) is 8.22. The van der Waals surface area contributed by atoms with Crippen LogP contribution in [0.1, 0.15) is 19.4 Å². The molecule has 1 saturated heterocycles. The number of hydrogen-bond donors (Lipinski definition) is 1. The number of ether oxygens (including phenoxy) is 1. The van der Waals surface area contributed by atoms with Crippen LogP contribution in [0.5, 0.6) is 0 Å². The van der Waals surface area contributed by atoms with Gasteiger partial charge in [0.2, 0.25) is 5.91 Å². The molecule has 1 aromatic heterocycles. The Morgan fingerprint density at radius 1 is 1.48 bits per heavy atom. The molecule has 1 amide bonds. The van der Waals surface area contributed by atoms with E-state index >= 15 is 0 Å². The number of rotatable bonds is 6. The van der Waals surface area contributed by atoms with E-state index in [4.69, 9.17) is 4.74 Å². The van der Waals surface area contributed by atoms with Crippen molar-refractivity contribution in [3.8, 4) is 0 Å². The molecule has 128 valence electrons. The number of nitrogens with zero attached hydrogens (tertiary/aromatic N) is 2. The van der Waals surface area contributed by atoms with Gasteiger partial charge in [0.25, 0.3) is 5.56 Å². The van der Waals surface area contributed by atoms with E-state index in [0.717, 1.165) is 25.2 Å². The van der Waals surface area contributed by atoms with Crippen LogP contribution in [0, 0.1) is 12.8 Å². The molecule has 0 aromatic carbocycles. The summed E-state index contributed by atoms with van der Waals surface area (Å²) in [5.41, 5.74) is 0.740. The molecule has 23 heavy (non-hydrogen) atoms. The predicted molar refractivity (Wildman–Crippen MR) is 89.5 cm³/mol. The Morgan fingerprint density at radius 3 is 2.96 bits per heavy atom. The molecular formula is C17H27N3O3. The number of carbonyl (C=O) groups excluding carboxylic acids is 1. The van der Waals surface area contributed by atoms with E-state index in [1.807, 2.05) is 13.0 Å². The predicted octanol–water partition coefficient (Wildman–Crippen LogP) is 0.630. The summed E-state index contributed by atoms with van der Waals surface area (Å²) in [6.07, 6.45) is 1.67. The van der Waals surface area contributed by atoms with Crippen molar-refractivity contribution in [2.75, 3.05) is 32.8 Å². The standard InChI is InChI=1S/C17H27N3O3/c1-13(2)10-19-6-7-23-15(11-19)9-18-16(21)12-20-5-4-14(3)8-17(20)22/h4-5,8,13,15H,6-7,9-12H2,1-3H3,(H,18,21). The first-order chi connectivity index (χ1) is 10.9. The zero-order valence-corrected chi connectivity index (χ0v) is 14.2. The smallest absolute Gasteiger partial charge is 0.251 e. The summed E-state index contributed by atoms with van der Waals surface area (Å²) in [6, 6.07) is 3.35. The van der Waals surface area contributed by atoms with E-state index in [9.17, 15) is 9.59 Å². The van der Waals surface area contributed by atoms with Gasteiger partial charge in [-0.05, 0) is 24.5 Å². The van der Waals surface area contributed by atoms with Gasteiger partial charge < -0.3 is 14.6 Å². The monoisotopic (exact) mass is 321 g/mol. The van der Waals surface area contributed by atoms with E-state index in [-0.39, 0.29) is 24.1 Å². The van der Waals surface area contributed by atoms with E-state index in [0.29, 0.717) is 19.1 Å². The fraction of sp³-hybridized carbons (Fsp3) is 0.647. The third-order valence-corrected chi connectivity index (χ3v) is 3.84. The Balaban J connectivity index is 1.78. The highest BCUT2D eigenvalue weighted by Gasteiger charge is 2.21. The number of carbonyl (C=O) groups is 1. The number of amides is 1. The molecule has 2 heterocycles. The Labute approximate surface area is 137 Å². The summed E-state index contributed by atoms with van der Waals surface area (Å²) in [5.74, 6) is 0.456. The Bertz CT molecular complexity index is 583. The summed E-state index contributed by atoms with van der Waals surface area (Å²) < 4.78 is 7.12. The number of aryl methyl sites for hydroxylation is 1. The van der Waals surface area contributed by atoms with Gasteiger partial charge in [-0.2, -0.15) is 0 Å². The van der Waals surface area contributed by atoms with Crippen LogP contribution in [-0.4, -0.2) is 54.3 Å². The Hall–Kier alpha value is -1.66. The molecule has 0 radical (unpaired) electrons. The summed E-state index contributed by atoms with van der Waals surface area (Å²) in [6.45, 7) is 10.3. The minimum absolute atomic E-state index is 0.0150. The van der Waals surface area contributed by atoms with Crippen molar-refractivity contribution in [2.24, 2.45) is 5.92 Å². The van der Waals surface area contributed by atoms with Crippen LogP contribution in [0.4, 0.5) is 0 Å². The molecule has 6 heteroatoms. The van der Waals surface area contributed by atoms with Crippen molar-refractivity contribution in [1.82, 2.24) is 14.8 Å². The largest absolute Gasteiger partial charge is 0.374 e. The Morgan fingerprint density at radius 2 is 2.26 bits per heavy atom. The summed E-state index contributed by atoms with van der Waals surface area (Å²) >= 11 is 0. The number of morpholine rings is 1. The van der Waals surface area contributed by atoms with Crippen LogP contribution < -0.4 is 10.9 Å². The van der Waals surface area contributed by atoms with Crippen LogP contribution in [0.3, 0.4) is 0 Å². The molecule has 1 N–H and O–H groups in total. The van der Waals surface area contributed by atoms with Gasteiger partial charge >= 0.3 is 0 Å². The zero-order valence-electron chi connectivity index (χ0n) is 14.2. The minimum Gasteiger partial charge on any atom is -0.374 e. The van der Waals surface area contributed by atoms with Crippen molar-refractivity contribution in [3.63, 3.8) is 0 Å². The van der Waals surface area contributed by atoms with Crippen molar-refractivity contribution >= 4 is 5.91 Å².